The number of sulfonamides is 1. The van der Waals surface area contributed by atoms with Gasteiger partial charge in [-0.05, 0) is 30.5 Å². The summed E-state index contributed by atoms with van der Waals surface area (Å²) in [5.41, 5.74) is 0.685. The van der Waals surface area contributed by atoms with E-state index in [4.69, 9.17) is 4.74 Å². The highest BCUT2D eigenvalue weighted by atomic mass is 32.2. The number of ether oxygens (including phenoxy) is 1. The Labute approximate surface area is 163 Å². The van der Waals surface area contributed by atoms with Gasteiger partial charge in [-0.25, -0.2) is 8.42 Å². The van der Waals surface area contributed by atoms with Crippen molar-refractivity contribution < 1.29 is 22.8 Å². The lowest BCUT2D eigenvalue weighted by Crippen LogP contribution is -3.19. The van der Waals surface area contributed by atoms with Crippen molar-refractivity contribution in [2.45, 2.75) is 17.2 Å². The van der Waals surface area contributed by atoms with E-state index in [1.807, 2.05) is 25.1 Å². The molecular formula is C18H24N3O4S2+. The van der Waals surface area contributed by atoms with E-state index in [1.54, 1.807) is 30.7 Å². The normalized spacial score (nSPS) is 17.4. The molecule has 1 aromatic heterocycles. The Morgan fingerprint density at radius 3 is 2.63 bits per heavy atom. The Bertz CT molecular complexity index is 876. The third-order valence-electron chi connectivity index (χ3n) is 4.80. The molecule has 0 bridgehead atoms. The Kier molecular flexibility index (Phi) is 6.15. The predicted octanol–water partition coefficient (Wildman–Crippen LogP) is 0.673. The number of amides is 1. The molecule has 1 saturated heterocycles. The zero-order valence-electron chi connectivity index (χ0n) is 15.3. The third-order valence-corrected chi connectivity index (χ3v) is 8.07. The van der Waals surface area contributed by atoms with E-state index in [0.717, 1.165) is 4.90 Å². The summed E-state index contributed by atoms with van der Waals surface area (Å²) in [5.74, 6) is 0.591. The number of nitrogens with one attached hydrogen (secondary N) is 2. The van der Waals surface area contributed by atoms with Gasteiger partial charge < -0.3 is 15.0 Å². The van der Waals surface area contributed by atoms with Gasteiger partial charge in [-0.15, -0.1) is 11.3 Å². The van der Waals surface area contributed by atoms with Crippen LogP contribution in [0.3, 0.4) is 0 Å². The maximum absolute atomic E-state index is 12.6. The largest absolute Gasteiger partial charge is 0.497 e. The molecule has 1 aromatic carbocycles. The second kappa shape index (κ2) is 8.39. The van der Waals surface area contributed by atoms with Crippen LogP contribution in [0.5, 0.6) is 5.75 Å². The fraction of sp³-hybridized carbons (Fsp3) is 0.389. The van der Waals surface area contributed by atoms with Crippen LogP contribution in [-0.4, -0.2) is 58.0 Å². The van der Waals surface area contributed by atoms with Crippen LogP contribution in [0.15, 0.2) is 46.0 Å². The number of hydrogen-bond acceptors (Lipinski definition) is 5. The molecule has 0 saturated carbocycles. The highest BCUT2D eigenvalue weighted by Crippen LogP contribution is 2.20. The van der Waals surface area contributed by atoms with E-state index >= 15 is 0 Å². The summed E-state index contributed by atoms with van der Waals surface area (Å²) >= 11 is 1.23. The first kappa shape index (κ1) is 19.8. The molecule has 27 heavy (non-hydrogen) atoms. The van der Waals surface area contributed by atoms with Crippen LogP contribution in [-0.2, 0) is 14.8 Å². The first-order chi connectivity index (χ1) is 12.9. The summed E-state index contributed by atoms with van der Waals surface area (Å²) in [7, 11) is -1.84. The number of carbonyl (C=O) groups excluding carboxylic acids is 1. The van der Waals surface area contributed by atoms with Crippen LogP contribution in [0.1, 0.15) is 6.92 Å². The standard InChI is InChI=1S/C18H23N3O4S2/c1-14(18(22)19-15-5-3-6-16(13-15)25-2)20-8-10-21(11-9-20)27(23,24)17-7-4-12-26-17/h3-7,12-14H,8-11H2,1-2H3,(H,19,22)/p+1/t14-/m1/s1. The van der Waals surface area contributed by atoms with Crippen molar-refractivity contribution in [3.05, 3.63) is 41.8 Å². The number of hydrogen-bond donors (Lipinski definition) is 2. The molecule has 1 aliphatic rings. The van der Waals surface area contributed by atoms with Crippen molar-refractivity contribution in [3.8, 4) is 5.75 Å². The van der Waals surface area contributed by atoms with Crippen LogP contribution in [0.4, 0.5) is 5.69 Å². The van der Waals surface area contributed by atoms with Gasteiger partial charge in [0.2, 0.25) is 0 Å². The lowest BCUT2D eigenvalue weighted by atomic mass is 10.2. The first-order valence-corrected chi connectivity index (χ1v) is 11.1. The molecule has 1 atom stereocenters. The minimum atomic E-state index is -3.42. The van der Waals surface area contributed by atoms with Gasteiger partial charge in [0, 0.05) is 11.8 Å². The minimum Gasteiger partial charge on any atom is -0.497 e. The van der Waals surface area contributed by atoms with E-state index in [9.17, 15) is 13.2 Å². The molecule has 9 heteroatoms. The topological polar surface area (TPSA) is 80.2 Å². The molecule has 3 rings (SSSR count). The summed E-state index contributed by atoms with van der Waals surface area (Å²) in [6.07, 6.45) is 0. The van der Waals surface area contributed by atoms with E-state index in [1.165, 1.54) is 15.6 Å². The molecular weight excluding hydrogens is 386 g/mol. The van der Waals surface area contributed by atoms with Gasteiger partial charge in [-0.1, -0.05) is 12.1 Å². The molecule has 0 unspecified atom stereocenters. The number of thiophene rings is 1. The van der Waals surface area contributed by atoms with Crippen LogP contribution in [0, 0.1) is 0 Å². The first-order valence-electron chi connectivity index (χ1n) is 8.75. The predicted molar refractivity (Wildman–Crippen MR) is 105 cm³/mol. The molecule has 1 fully saturated rings. The quantitative estimate of drug-likeness (QED) is 0.734. The summed E-state index contributed by atoms with van der Waals surface area (Å²) < 4.78 is 32.2. The average Bonchev–Trinajstić information content (AvgIpc) is 3.23. The smallest absolute Gasteiger partial charge is 0.282 e. The Hall–Kier alpha value is -1.94. The van der Waals surface area contributed by atoms with E-state index in [2.05, 4.69) is 5.32 Å². The second-order valence-corrected chi connectivity index (χ2v) is 9.55. The van der Waals surface area contributed by atoms with Gasteiger partial charge in [-0.2, -0.15) is 4.31 Å². The molecule has 1 amide bonds. The molecule has 2 heterocycles. The average molecular weight is 411 g/mol. The number of nitrogens with zero attached hydrogens (tertiary/aromatic N) is 1. The number of anilines is 1. The van der Waals surface area contributed by atoms with Crippen molar-refractivity contribution >= 4 is 33.0 Å². The highest BCUT2D eigenvalue weighted by Gasteiger charge is 2.34. The monoisotopic (exact) mass is 410 g/mol. The van der Waals surface area contributed by atoms with Crippen LogP contribution in [0.2, 0.25) is 0 Å². The van der Waals surface area contributed by atoms with Crippen LogP contribution >= 0.6 is 11.3 Å². The maximum atomic E-state index is 12.6. The van der Waals surface area contributed by atoms with Crippen molar-refractivity contribution in [2.24, 2.45) is 0 Å². The van der Waals surface area contributed by atoms with E-state index < -0.39 is 10.0 Å². The number of methoxy groups -OCH3 is 1. The van der Waals surface area contributed by atoms with Crippen LogP contribution < -0.4 is 15.0 Å². The van der Waals surface area contributed by atoms with Crippen molar-refractivity contribution in [1.29, 1.82) is 0 Å². The maximum Gasteiger partial charge on any atom is 0.282 e. The van der Waals surface area contributed by atoms with Crippen LogP contribution in [0.25, 0.3) is 0 Å². The van der Waals surface area contributed by atoms with Gasteiger partial charge in [0.25, 0.3) is 15.9 Å². The number of rotatable bonds is 6. The van der Waals surface area contributed by atoms with Crippen molar-refractivity contribution in [2.75, 3.05) is 38.6 Å². The summed E-state index contributed by atoms with van der Waals surface area (Å²) in [4.78, 5) is 13.7. The molecule has 0 spiro atoms. The van der Waals surface area contributed by atoms with E-state index in [-0.39, 0.29) is 11.9 Å². The SMILES string of the molecule is COc1cccc(NC(=O)[C@@H](C)[NH+]2CCN(S(=O)(=O)c3cccs3)CC2)c1. The molecule has 2 N–H and O–H groups in total. The molecule has 0 radical (unpaired) electrons. The second-order valence-electron chi connectivity index (χ2n) is 6.44. The number of benzene rings is 1. The Morgan fingerprint density at radius 1 is 1.26 bits per heavy atom. The number of piperazine rings is 1. The zero-order valence-corrected chi connectivity index (χ0v) is 17.0. The Balaban J connectivity index is 1.58. The summed E-state index contributed by atoms with van der Waals surface area (Å²) in [5, 5.41) is 4.67. The molecule has 7 nitrogen and oxygen atoms in total. The number of quaternary nitrogens is 1. The van der Waals surface area contributed by atoms with Gasteiger partial charge in [0.05, 0.1) is 33.3 Å². The summed E-state index contributed by atoms with van der Waals surface area (Å²) in [6, 6.07) is 10.3. The van der Waals surface area contributed by atoms with Gasteiger partial charge >= 0.3 is 0 Å². The van der Waals surface area contributed by atoms with Gasteiger partial charge in [0.15, 0.2) is 6.04 Å². The van der Waals surface area contributed by atoms with Gasteiger partial charge in [-0.3, -0.25) is 4.79 Å². The molecule has 1 aliphatic heterocycles. The lowest BCUT2D eigenvalue weighted by Gasteiger charge is -2.33. The minimum absolute atomic E-state index is 0.0900. The number of carbonyl (C=O) groups is 1. The zero-order chi connectivity index (χ0) is 19.4. The third kappa shape index (κ3) is 4.49. The highest BCUT2D eigenvalue weighted by molar-refractivity contribution is 7.91. The fourth-order valence-electron chi connectivity index (χ4n) is 3.12. The van der Waals surface area contributed by atoms with E-state index in [0.29, 0.717) is 41.8 Å². The molecule has 0 aliphatic carbocycles. The molecule has 2 aromatic rings. The lowest BCUT2D eigenvalue weighted by molar-refractivity contribution is -0.917. The molecule has 146 valence electrons. The van der Waals surface area contributed by atoms with Gasteiger partial charge in [0.1, 0.15) is 9.96 Å². The van der Waals surface area contributed by atoms with Crippen molar-refractivity contribution in [3.63, 3.8) is 0 Å². The Morgan fingerprint density at radius 2 is 2.00 bits per heavy atom. The van der Waals surface area contributed by atoms with Crippen molar-refractivity contribution in [1.82, 2.24) is 4.31 Å². The summed E-state index contributed by atoms with van der Waals surface area (Å²) in [6.45, 7) is 3.88. The fourth-order valence-corrected chi connectivity index (χ4v) is 5.71.